The van der Waals surface area contributed by atoms with Crippen molar-refractivity contribution in [3.63, 3.8) is 0 Å². The molecule has 0 atom stereocenters. The second-order valence-electron chi connectivity index (χ2n) is 6.62. The Morgan fingerprint density at radius 3 is 2.52 bits per heavy atom. The number of likely N-dealkylation sites (tertiary alicyclic amines) is 1. The van der Waals surface area contributed by atoms with Crippen molar-refractivity contribution in [2.45, 2.75) is 18.9 Å². The molecule has 0 unspecified atom stereocenters. The highest BCUT2D eigenvalue weighted by molar-refractivity contribution is 6.44. The van der Waals surface area contributed by atoms with Gasteiger partial charge in [0.15, 0.2) is 0 Å². The maximum atomic E-state index is 14.1. The molecule has 0 aliphatic carbocycles. The summed E-state index contributed by atoms with van der Waals surface area (Å²) in [5.74, 6) is -1.00. The lowest BCUT2D eigenvalue weighted by Crippen LogP contribution is -2.44. The highest BCUT2D eigenvalue weighted by Gasteiger charge is 2.30. The number of rotatable bonds is 4. The van der Waals surface area contributed by atoms with Gasteiger partial charge in [0, 0.05) is 43.0 Å². The number of aromatic nitrogens is 1. The average molecular weight is 366 g/mol. The van der Waals surface area contributed by atoms with Crippen LogP contribution >= 0.6 is 0 Å². The van der Waals surface area contributed by atoms with Crippen LogP contribution in [-0.2, 0) is 4.79 Å². The average Bonchev–Trinajstić information content (AvgIpc) is 3.14. The van der Waals surface area contributed by atoms with Crippen LogP contribution in [0.3, 0.4) is 0 Å². The van der Waals surface area contributed by atoms with Crippen molar-refractivity contribution in [3.05, 3.63) is 66.1 Å². The first-order valence-electron chi connectivity index (χ1n) is 8.94. The molecule has 0 saturated carbocycles. The molecule has 0 spiro atoms. The Bertz CT molecular complexity index is 976. The molecule has 5 nitrogen and oxygen atoms in total. The smallest absolute Gasteiger partial charge is 0.295 e. The maximum Gasteiger partial charge on any atom is 0.295 e. The zero-order chi connectivity index (χ0) is 18.8. The van der Waals surface area contributed by atoms with E-state index in [0.717, 1.165) is 5.75 Å². The van der Waals surface area contributed by atoms with Gasteiger partial charge in [0.05, 0.1) is 5.56 Å². The van der Waals surface area contributed by atoms with Crippen molar-refractivity contribution in [2.24, 2.45) is 0 Å². The summed E-state index contributed by atoms with van der Waals surface area (Å²) in [4.78, 5) is 29.6. The summed E-state index contributed by atoms with van der Waals surface area (Å²) in [7, 11) is 0. The second kappa shape index (κ2) is 7.23. The Labute approximate surface area is 155 Å². The standard InChI is InChI=1S/C21H19FN2O3/c22-17-7-4-8-18-19(17)16(13-23-18)20(25)21(26)24-11-9-15(10-12-24)27-14-5-2-1-3-6-14/h1-8,13,15,23H,9-12H2. The SMILES string of the molecule is O=C(C(=O)N1CCC(Oc2ccccc2)CC1)c1c[nH]c2cccc(F)c12. The summed E-state index contributed by atoms with van der Waals surface area (Å²) in [5.41, 5.74) is 0.580. The molecule has 1 saturated heterocycles. The minimum Gasteiger partial charge on any atom is -0.490 e. The van der Waals surface area contributed by atoms with E-state index in [1.807, 2.05) is 30.3 Å². The van der Waals surface area contributed by atoms with Gasteiger partial charge in [-0.15, -0.1) is 0 Å². The quantitative estimate of drug-likeness (QED) is 0.567. The first kappa shape index (κ1) is 17.3. The van der Waals surface area contributed by atoms with Gasteiger partial charge in [0.25, 0.3) is 11.7 Å². The van der Waals surface area contributed by atoms with Gasteiger partial charge in [-0.25, -0.2) is 4.39 Å². The third-order valence-corrected chi connectivity index (χ3v) is 4.87. The molecule has 138 valence electrons. The molecule has 6 heteroatoms. The number of para-hydroxylation sites is 1. The summed E-state index contributed by atoms with van der Waals surface area (Å²) < 4.78 is 20.0. The predicted octanol–water partition coefficient (Wildman–Crippen LogP) is 3.56. The number of hydrogen-bond donors (Lipinski definition) is 1. The molecule has 1 fully saturated rings. The minimum atomic E-state index is -0.686. The third kappa shape index (κ3) is 3.43. The number of fused-ring (bicyclic) bond motifs is 1. The molecule has 1 aliphatic rings. The van der Waals surface area contributed by atoms with E-state index in [-0.39, 0.29) is 17.1 Å². The lowest BCUT2D eigenvalue weighted by atomic mass is 10.0. The fourth-order valence-electron chi connectivity index (χ4n) is 3.45. The number of hydrogen-bond acceptors (Lipinski definition) is 3. The van der Waals surface area contributed by atoms with Gasteiger partial charge in [0.1, 0.15) is 17.7 Å². The fraction of sp³-hybridized carbons (Fsp3) is 0.238. The number of Topliss-reactive ketones (excluding diaryl/α,β-unsaturated/α-hetero) is 1. The van der Waals surface area contributed by atoms with Gasteiger partial charge < -0.3 is 14.6 Å². The van der Waals surface area contributed by atoms with Gasteiger partial charge in [-0.05, 0) is 24.3 Å². The number of nitrogens with one attached hydrogen (secondary N) is 1. The maximum absolute atomic E-state index is 14.1. The number of halogens is 1. The predicted molar refractivity (Wildman–Crippen MR) is 99.3 cm³/mol. The first-order valence-corrected chi connectivity index (χ1v) is 8.94. The number of ketones is 1. The highest BCUT2D eigenvalue weighted by Crippen LogP contribution is 2.24. The molecule has 1 amide bonds. The molecule has 4 rings (SSSR count). The Kier molecular flexibility index (Phi) is 4.62. The second-order valence-corrected chi connectivity index (χ2v) is 6.62. The molecule has 0 bridgehead atoms. The molecular formula is C21H19FN2O3. The number of ether oxygens (including phenoxy) is 1. The van der Waals surface area contributed by atoms with Gasteiger partial charge >= 0.3 is 0 Å². The molecule has 0 radical (unpaired) electrons. The number of carbonyl (C=O) groups is 2. The molecule has 1 aliphatic heterocycles. The van der Waals surface area contributed by atoms with Crippen LogP contribution in [0.15, 0.2) is 54.7 Å². The van der Waals surface area contributed by atoms with Crippen LogP contribution in [0.2, 0.25) is 0 Å². The van der Waals surface area contributed by atoms with E-state index in [0.29, 0.717) is 31.4 Å². The van der Waals surface area contributed by atoms with E-state index in [9.17, 15) is 14.0 Å². The summed E-state index contributed by atoms with van der Waals surface area (Å²) >= 11 is 0. The summed E-state index contributed by atoms with van der Waals surface area (Å²) in [6, 6.07) is 14.0. The van der Waals surface area contributed by atoms with E-state index in [4.69, 9.17) is 4.74 Å². The number of amides is 1. The Morgan fingerprint density at radius 1 is 1.04 bits per heavy atom. The van der Waals surface area contributed by atoms with Crippen LogP contribution in [-0.4, -0.2) is 40.8 Å². The Balaban J connectivity index is 1.42. The van der Waals surface area contributed by atoms with E-state index >= 15 is 0 Å². The van der Waals surface area contributed by atoms with Crippen LogP contribution in [0.4, 0.5) is 4.39 Å². The van der Waals surface area contributed by atoms with Crippen LogP contribution in [0.5, 0.6) is 5.75 Å². The number of H-pyrrole nitrogens is 1. The van der Waals surface area contributed by atoms with Crippen molar-refractivity contribution in [3.8, 4) is 5.75 Å². The topological polar surface area (TPSA) is 62.4 Å². The van der Waals surface area contributed by atoms with Crippen molar-refractivity contribution >= 4 is 22.6 Å². The molecular weight excluding hydrogens is 347 g/mol. The molecule has 1 N–H and O–H groups in total. The Hall–Kier alpha value is -3.15. The van der Waals surface area contributed by atoms with Crippen LogP contribution in [0, 0.1) is 5.82 Å². The first-order chi connectivity index (χ1) is 13.1. The number of piperidine rings is 1. The molecule has 1 aromatic heterocycles. The van der Waals surface area contributed by atoms with Gasteiger partial charge in [-0.3, -0.25) is 9.59 Å². The van der Waals surface area contributed by atoms with Crippen LogP contribution in [0.25, 0.3) is 10.9 Å². The highest BCUT2D eigenvalue weighted by atomic mass is 19.1. The molecule has 2 heterocycles. The lowest BCUT2D eigenvalue weighted by molar-refractivity contribution is -0.128. The van der Waals surface area contributed by atoms with Crippen LogP contribution < -0.4 is 4.74 Å². The molecule has 3 aromatic rings. The summed E-state index contributed by atoms with van der Waals surface area (Å²) in [6.07, 6.45) is 2.71. The Morgan fingerprint density at radius 2 is 1.78 bits per heavy atom. The van der Waals surface area contributed by atoms with E-state index in [2.05, 4.69) is 4.98 Å². The van der Waals surface area contributed by atoms with Gasteiger partial charge in [0.2, 0.25) is 0 Å². The molecule has 27 heavy (non-hydrogen) atoms. The van der Waals surface area contributed by atoms with E-state index < -0.39 is 17.5 Å². The van der Waals surface area contributed by atoms with Crippen molar-refractivity contribution in [1.82, 2.24) is 9.88 Å². The number of carbonyl (C=O) groups excluding carboxylic acids is 2. The normalized spacial score (nSPS) is 15.1. The summed E-state index contributed by atoms with van der Waals surface area (Å²) in [5, 5.41) is 0.165. The van der Waals surface area contributed by atoms with E-state index in [1.165, 1.54) is 17.2 Å². The van der Waals surface area contributed by atoms with Gasteiger partial charge in [-0.1, -0.05) is 24.3 Å². The molecule has 2 aromatic carbocycles. The number of nitrogens with zero attached hydrogens (tertiary/aromatic N) is 1. The monoisotopic (exact) mass is 366 g/mol. The zero-order valence-electron chi connectivity index (χ0n) is 14.7. The number of benzene rings is 2. The third-order valence-electron chi connectivity index (χ3n) is 4.87. The fourth-order valence-corrected chi connectivity index (χ4v) is 3.45. The van der Waals surface area contributed by atoms with Crippen molar-refractivity contribution < 1.29 is 18.7 Å². The van der Waals surface area contributed by atoms with Gasteiger partial charge in [-0.2, -0.15) is 0 Å². The lowest BCUT2D eigenvalue weighted by Gasteiger charge is -2.31. The summed E-state index contributed by atoms with van der Waals surface area (Å²) in [6.45, 7) is 0.875. The minimum absolute atomic E-state index is 0.0112. The van der Waals surface area contributed by atoms with E-state index in [1.54, 1.807) is 12.1 Å². The zero-order valence-corrected chi connectivity index (χ0v) is 14.7. The largest absolute Gasteiger partial charge is 0.490 e. The van der Waals surface area contributed by atoms with Crippen LogP contribution in [0.1, 0.15) is 23.2 Å². The number of aromatic amines is 1. The van der Waals surface area contributed by atoms with Crippen molar-refractivity contribution in [1.29, 1.82) is 0 Å². The van der Waals surface area contributed by atoms with Crippen molar-refractivity contribution in [2.75, 3.05) is 13.1 Å².